The molecule has 3 N–H and O–H groups in total. The highest BCUT2D eigenvalue weighted by Gasteiger charge is 2.11. The van der Waals surface area contributed by atoms with Gasteiger partial charge in [0.25, 0.3) is 0 Å². The molecule has 0 spiro atoms. The lowest BCUT2D eigenvalue weighted by molar-refractivity contribution is 0.406. The molecule has 0 bridgehead atoms. The van der Waals surface area contributed by atoms with E-state index in [0.717, 1.165) is 30.9 Å². The molecule has 1 aliphatic carbocycles. The lowest BCUT2D eigenvalue weighted by Gasteiger charge is -2.16. The standard InChI is InChI=1S/C17H25N3O2.HI/c1-3-18-17(20-14-6-4-5-7-14)19-11-10-13-8-9-15(22-2)12-16(13)21;/h4-5,8-9,12,14,21H,3,6-7,10-11H2,1-2H3,(H2,18,19,20);1H. The molecule has 0 amide bonds. The number of phenolic OH excluding ortho intramolecular Hbond substituents is 1. The first-order chi connectivity index (χ1) is 10.7. The van der Waals surface area contributed by atoms with Crippen molar-refractivity contribution in [2.75, 3.05) is 20.2 Å². The Morgan fingerprint density at radius 2 is 2.09 bits per heavy atom. The molecule has 0 atom stereocenters. The van der Waals surface area contributed by atoms with E-state index in [1.54, 1.807) is 13.2 Å². The summed E-state index contributed by atoms with van der Waals surface area (Å²) in [7, 11) is 1.59. The molecular weight excluding hydrogens is 405 g/mol. The number of ether oxygens (including phenoxy) is 1. The Hall–Kier alpha value is -1.44. The molecule has 0 aromatic heterocycles. The largest absolute Gasteiger partial charge is 0.508 e. The van der Waals surface area contributed by atoms with Gasteiger partial charge in [0.2, 0.25) is 0 Å². The second-order valence-electron chi connectivity index (χ2n) is 5.29. The number of hydrogen-bond donors (Lipinski definition) is 3. The van der Waals surface area contributed by atoms with Gasteiger partial charge in [0.15, 0.2) is 5.96 Å². The van der Waals surface area contributed by atoms with Crippen molar-refractivity contribution in [2.24, 2.45) is 4.99 Å². The average Bonchev–Trinajstić information content (AvgIpc) is 3.02. The molecule has 5 nitrogen and oxygen atoms in total. The number of nitrogens with one attached hydrogen (secondary N) is 2. The van der Waals surface area contributed by atoms with Crippen molar-refractivity contribution in [2.45, 2.75) is 32.2 Å². The third-order valence-corrected chi connectivity index (χ3v) is 3.64. The van der Waals surface area contributed by atoms with E-state index >= 15 is 0 Å². The molecule has 0 heterocycles. The quantitative estimate of drug-likeness (QED) is 0.281. The smallest absolute Gasteiger partial charge is 0.191 e. The summed E-state index contributed by atoms with van der Waals surface area (Å²) in [5.74, 6) is 1.75. The summed E-state index contributed by atoms with van der Waals surface area (Å²) < 4.78 is 5.09. The van der Waals surface area contributed by atoms with Crippen LogP contribution in [0.15, 0.2) is 35.3 Å². The lowest BCUT2D eigenvalue weighted by Crippen LogP contribution is -2.42. The lowest BCUT2D eigenvalue weighted by atomic mass is 10.1. The van der Waals surface area contributed by atoms with Gasteiger partial charge < -0.3 is 20.5 Å². The van der Waals surface area contributed by atoms with Crippen molar-refractivity contribution in [3.8, 4) is 11.5 Å². The van der Waals surface area contributed by atoms with Crippen LogP contribution in [-0.2, 0) is 6.42 Å². The topological polar surface area (TPSA) is 65.9 Å². The third kappa shape index (κ3) is 6.29. The van der Waals surface area contributed by atoms with Crippen molar-refractivity contribution in [1.29, 1.82) is 0 Å². The second kappa shape index (κ2) is 10.4. The summed E-state index contributed by atoms with van der Waals surface area (Å²) in [4.78, 5) is 4.58. The van der Waals surface area contributed by atoms with Gasteiger partial charge in [-0.2, -0.15) is 0 Å². The van der Waals surface area contributed by atoms with E-state index in [4.69, 9.17) is 4.74 Å². The van der Waals surface area contributed by atoms with Gasteiger partial charge in [-0.15, -0.1) is 24.0 Å². The molecule has 6 heteroatoms. The normalized spacial score (nSPS) is 14.4. The number of rotatable bonds is 6. The van der Waals surface area contributed by atoms with Crippen LogP contribution in [0.5, 0.6) is 11.5 Å². The fourth-order valence-corrected chi connectivity index (χ4v) is 2.42. The highest BCUT2D eigenvalue weighted by Crippen LogP contribution is 2.23. The molecule has 1 aromatic carbocycles. The number of nitrogens with zero attached hydrogens (tertiary/aromatic N) is 1. The van der Waals surface area contributed by atoms with E-state index in [-0.39, 0.29) is 29.7 Å². The number of aliphatic imine (C=N–C) groups is 1. The summed E-state index contributed by atoms with van der Waals surface area (Å²) in [6.45, 7) is 3.51. The molecule has 2 rings (SSSR count). The van der Waals surface area contributed by atoms with Gasteiger partial charge in [0.05, 0.1) is 7.11 Å². The molecule has 0 aliphatic heterocycles. The SMILES string of the molecule is CCNC(=NCCc1ccc(OC)cc1O)NC1CC=CC1.I. The highest BCUT2D eigenvalue weighted by molar-refractivity contribution is 14.0. The average molecular weight is 431 g/mol. The monoisotopic (exact) mass is 431 g/mol. The Morgan fingerprint density at radius 1 is 1.35 bits per heavy atom. The summed E-state index contributed by atoms with van der Waals surface area (Å²) in [5, 5.41) is 16.6. The Bertz CT molecular complexity index is 539. The number of aromatic hydroxyl groups is 1. The van der Waals surface area contributed by atoms with Crippen LogP contribution in [-0.4, -0.2) is 37.3 Å². The zero-order chi connectivity index (χ0) is 15.8. The van der Waals surface area contributed by atoms with Crippen molar-refractivity contribution >= 4 is 29.9 Å². The number of hydrogen-bond acceptors (Lipinski definition) is 3. The van der Waals surface area contributed by atoms with Crippen LogP contribution in [0.25, 0.3) is 0 Å². The molecule has 0 unspecified atom stereocenters. The summed E-state index contributed by atoms with van der Waals surface area (Å²) in [6.07, 6.45) is 7.16. The van der Waals surface area contributed by atoms with Gasteiger partial charge in [0, 0.05) is 25.2 Å². The van der Waals surface area contributed by atoms with Crippen LogP contribution < -0.4 is 15.4 Å². The summed E-state index contributed by atoms with van der Waals surface area (Å²) in [6, 6.07) is 5.80. The maximum absolute atomic E-state index is 9.95. The number of guanidine groups is 1. The first-order valence-corrected chi connectivity index (χ1v) is 7.78. The molecule has 0 fully saturated rings. The molecular formula is C17H26IN3O2. The Morgan fingerprint density at radius 3 is 2.70 bits per heavy atom. The number of halogens is 1. The fraction of sp³-hybridized carbons (Fsp3) is 0.471. The van der Waals surface area contributed by atoms with Gasteiger partial charge in [0.1, 0.15) is 11.5 Å². The van der Waals surface area contributed by atoms with E-state index in [2.05, 4.69) is 34.7 Å². The van der Waals surface area contributed by atoms with Crippen molar-refractivity contribution < 1.29 is 9.84 Å². The first kappa shape index (κ1) is 19.6. The molecule has 23 heavy (non-hydrogen) atoms. The molecule has 0 radical (unpaired) electrons. The van der Waals surface area contributed by atoms with E-state index in [1.807, 2.05) is 12.1 Å². The van der Waals surface area contributed by atoms with E-state index in [0.29, 0.717) is 24.8 Å². The van der Waals surface area contributed by atoms with Crippen molar-refractivity contribution in [1.82, 2.24) is 10.6 Å². The minimum atomic E-state index is 0. The van der Waals surface area contributed by atoms with Gasteiger partial charge in [-0.3, -0.25) is 4.99 Å². The third-order valence-electron chi connectivity index (χ3n) is 3.64. The molecule has 0 saturated heterocycles. The minimum absolute atomic E-state index is 0. The van der Waals surface area contributed by atoms with E-state index in [9.17, 15) is 5.11 Å². The van der Waals surface area contributed by atoms with Crippen LogP contribution in [0.2, 0.25) is 0 Å². The van der Waals surface area contributed by atoms with Crippen molar-refractivity contribution in [3.63, 3.8) is 0 Å². The van der Waals surface area contributed by atoms with Gasteiger partial charge in [-0.25, -0.2) is 0 Å². The summed E-state index contributed by atoms with van der Waals surface area (Å²) >= 11 is 0. The van der Waals surface area contributed by atoms with Gasteiger partial charge >= 0.3 is 0 Å². The number of methoxy groups -OCH3 is 1. The molecule has 0 saturated carbocycles. The van der Waals surface area contributed by atoms with Gasteiger partial charge in [-0.05, 0) is 37.8 Å². The second-order valence-corrected chi connectivity index (χ2v) is 5.29. The molecule has 128 valence electrons. The molecule has 1 aliphatic rings. The van der Waals surface area contributed by atoms with Crippen LogP contribution in [0.3, 0.4) is 0 Å². The Balaban J connectivity index is 0.00000264. The predicted octanol–water partition coefficient (Wildman–Crippen LogP) is 2.84. The van der Waals surface area contributed by atoms with Crippen LogP contribution in [0, 0.1) is 0 Å². The number of benzene rings is 1. The highest BCUT2D eigenvalue weighted by atomic mass is 127. The van der Waals surface area contributed by atoms with Crippen LogP contribution in [0.1, 0.15) is 25.3 Å². The fourth-order valence-electron chi connectivity index (χ4n) is 2.42. The first-order valence-electron chi connectivity index (χ1n) is 7.78. The van der Waals surface area contributed by atoms with Crippen molar-refractivity contribution in [3.05, 3.63) is 35.9 Å². The van der Waals surface area contributed by atoms with E-state index < -0.39 is 0 Å². The molecule has 1 aromatic rings. The predicted molar refractivity (Wildman–Crippen MR) is 105 cm³/mol. The zero-order valence-corrected chi connectivity index (χ0v) is 16.0. The minimum Gasteiger partial charge on any atom is -0.508 e. The maximum atomic E-state index is 9.95. The number of phenols is 1. The van der Waals surface area contributed by atoms with Gasteiger partial charge in [-0.1, -0.05) is 18.2 Å². The summed E-state index contributed by atoms with van der Waals surface area (Å²) in [5.41, 5.74) is 0.878. The zero-order valence-electron chi connectivity index (χ0n) is 13.7. The Labute approximate surface area is 155 Å². The Kier molecular flexibility index (Phi) is 8.83. The van der Waals surface area contributed by atoms with Crippen LogP contribution >= 0.6 is 24.0 Å². The van der Waals surface area contributed by atoms with Crippen LogP contribution in [0.4, 0.5) is 0 Å². The maximum Gasteiger partial charge on any atom is 0.191 e. The van der Waals surface area contributed by atoms with E-state index in [1.165, 1.54) is 0 Å².